The van der Waals surface area contributed by atoms with Crippen LogP contribution in [0.1, 0.15) is 63.6 Å². The number of carboxylic acid groups (broad SMARTS) is 1. The Hall–Kier alpha value is -3.46. The quantitative estimate of drug-likeness (QED) is 0.289. The Morgan fingerprint density at radius 2 is 1.95 bits per heavy atom. The third-order valence-corrected chi connectivity index (χ3v) is 8.20. The lowest BCUT2D eigenvalue weighted by atomic mass is 9.68. The fourth-order valence-corrected chi connectivity index (χ4v) is 6.14. The molecule has 202 valence electrons. The van der Waals surface area contributed by atoms with Gasteiger partial charge >= 0.3 is 5.97 Å². The number of methoxy groups -OCH3 is 2. The molecular weight excluding hydrogens is 492 g/mol. The van der Waals surface area contributed by atoms with Gasteiger partial charge in [-0.25, -0.2) is 8.78 Å². The molecule has 1 aliphatic carbocycles. The van der Waals surface area contributed by atoms with Gasteiger partial charge in [-0.3, -0.25) is 9.89 Å². The number of carboxylic acids is 1. The van der Waals surface area contributed by atoms with E-state index in [1.54, 1.807) is 32.4 Å². The van der Waals surface area contributed by atoms with Crippen molar-refractivity contribution in [1.82, 2.24) is 14.8 Å². The molecule has 2 aromatic carbocycles. The number of hydrogen-bond donors (Lipinski definition) is 2. The molecule has 1 saturated carbocycles. The molecule has 0 saturated heterocycles. The van der Waals surface area contributed by atoms with E-state index in [1.807, 2.05) is 24.5 Å². The molecule has 0 atom stereocenters. The molecular formula is C29H33F2N3O4. The number of nitrogens with one attached hydrogen (secondary N) is 1. The molecule has 0 amide bonds. The number of halogens is 2. The van der Waals surface area contributed by atoms with Crippen LogP contribution in [0.15, 0.2) is 30.5 Å². The van der Waals surface area contributed by atoms with Crippen LogP contribution in [0.5, 0.6) is 5.75 Å². The van der Waals surface area contributed by atoms with Crippen LogP contribution in [0.3, 0.4) is 0 Å². The Balaban J connectivity index is 1.87. The Labute approximate surface area is 219 Å². The zero-order valence-corrected chi connectivity index (χ0v) is 22.3. The Morgan fingerprint density at radius 1 is 1.24 bits per heavy atom. The summed E-state index contributed by atoms with van der Waals surface area (Å²) in [6.07, 6.45) is 3.76. The maximum Gasteiger partial charge on any atom is 0.309 e. The molecule has 7 nitrogen and oxygen atoms in total. The first kappa shape index (κ1) is 26.2. The first-order valence-electron chi connectivity index (χ1n) is 12.8. The second kappa shape index (κ2) is 9.38. The molecule has 0 radical (unpaired) electrons. The smallest absolute Gasteiger partial charge is 0.309 e. The van der Waals surface area contributed by atoms with E-state index in [-0.39, 0.29) is 11.7 Å². The van der Waals surface area contributed by atoms with E-state index in [4.69, 9.17) is 9.47 Å². The Kier molecular flexibility index (Phi) is 6.46. The average molecular weight is 526 g/mol. The van der Waals surface area contributed by atoms with Gasteiger partial charge < -0.3 is 19.1 Å². The van der Waals surface area contributed by atoms with Gasteiger partial charge in [0.25, 0.3) is 0 Å². The van der Waals surface area contributed by atoms with Gasteiger partial charge in [0.05, 0.1) is 30.8 Å². The molecule has 9 heteroatoms. The highest BCUT2D eigenvalue weighted by molar-refractivity contribution is 6.00. The molecule has 4 aromatic rings. The van der Waals surface area contributed by atoms with Crippen molar-refractivity contribution in [1.29, 1.82) is 0 Å². The lowest BCUT2D eigenvalue weighted by Crippen LogP contribution is -2.33. The minimum Gasteiger partial charge on any atom is -0.494 e. The van der Waals surface area contributed by atoms with Crippen LogP contribution in [-0.2, 0) is 14.9 Å². The molecule has 0 aliphatic heterocycles. The molecule has 5 rings (SSSR count). The zero-order chi connectivity index (χ0) is 27.4. The summed E-state index contributed by atoms with van der Waals surface area (Å²) in [7, 11) is 3.04. The van der Waals surface area contributed by atoms with Gasteiger partial charge in [0.1, 0.15) is 5.52 Å². The maximum absolute atomic E-state index is 16.4. The normalized spacial score (nSPS) is 20.3. The van der Waals surface area contributed by atoms with E-state index in [0.717, 1.165) is 11.3 Å². The van der Waals surface area contributed by atoms with Gasteiger partial charge in [-0.1, -0.05) is 13.8 Å². The SMILES string of the molecule is COCC(C)(C)c1c(C2CCC(C)(C(=O)O)CC2)c2c(F)c3[nH]ncc3cc2n1-c1ccc(F)c(OC)c1. The number of H-pyrrole nitrogens is 1. The molecule has 2 heterocycles. The summed E-state index contributed by atoms with van der Waals surface area (Å²) in [5, 5.41) is 17.7. The molecule has 0 bridgehead atoms. The van der Waals surface area contributed by atoms with Crippen molar-refractivity contribution in [3.63, 3.8) is 0 Å². The summed E-state index contributed by atoms with van der Waals surface area (Å²) in [4.78, 5) is 12.0. The summed E-state index contributed by atoms with van der Waals surface area (Å²) >= 11 is 0. The second-order valence-corrected chi connectivity index (χ2v) is 11.3. The number of nitrogens with zero attached hydrogens (tertiary/aromatic N) is 2. The molecule has 2 N–H and O–H groups in total. The summed E-state index contributed by atoms with van der Waals surface area (Å²) < 4.78 is 43.7. The van der Waals surface area contributed by atoms with Crippen molar-refractivity contribution in [2.75, 3.05) is 20.8 Å². The van der Waals surface area contributed by atoms with Gasteiger partial charge in [0, 0.05) is 40.7 Å². The van der Waals surface area contributed by atoms with Crippen LogP contribution in [0.2, 0.25) is 0 Å². The van der Waals surface area contributed by atoms with E-state index < -0.39 is 28.4 Å². The maximum atomic E-state index is 16.4. The number of aromatic nitrogens is 3. The highest BCUT2D eigenvalue weighted by Gasteiger charge is 2.42. The third kappa shape index (κ3) is 4.04. The first-order chi connectivity index (χ1) is 18.0. The minimum absolute atomic E-state index is 0.0745. The lowest BCUT2D eigenvalue weighted by Gasteiger charge is -2.36. The number of aromatic amines is 1. The number of carbonyl (C=O) groups is 1. The largest absolute Gasteiger partial charge is 0.494 e. The highest BCUT2D eigenvalue weighted by Crippen LogP contribution is 2.50. The highest BCUT2D eigenvalue weighted by atomic mass is 19.1. The van der Waals surface area contributed by atoms with Gasteiger partial charge in [-0.05, 0) is 62.3 Å². The average Bonchev–Trinajstić information content (AvgIpc) is 3.49. The van der Waals surface area contributed by atoms with Crippen LogP contribution in [0.4, 0.5) is 8.78 Å². The molecule has 0 spiro atoms. The summed E-state index contributed by atoms with van der Waals surface area (Å²) in [5.74, 6) is -1.69. The summed E-state index contributed by atoms with van der Waals surface area (Å²) in [6, 6.07) is 6.52. The monoisotopic (exact) mass is 525 g/mol. The molecule has 1 fully saturated rings. The fourth-order valence-electron chi connectivity index (χ4n) is 6.14. The lowest BCUT2D eigenvalue weighted by molar-refractivity contribution is -0.149. The van der Waals surface area contributed by atoms with Gasteiger partial charge in [0.15, 0.2) is 17.4 Å². The predicted molar refractivity (Wildman–Crippen MR) is 141 cm³/mol. The van der Waals surface area contributed by atoms with Crippen LogP contribution in [0.25, 0.3) is 27.5 Å². The van der Waals surface area contributed by atoms with E-state index in [1.165, 1.54) is 13.2 Å². The number of fused-ring (bicyclic) bond motifs is 2. The summed E-state index contributed by atoms with van der Waals surface area (Å²) in [5.41, 5.74) is 1.89. The van der Waals surface area contributed by atoms with E-state index in [9.17, 15) is 14.3 Å². The van der Waals surface area contributed by atoms with Crippen LogP contribution in [0, 0.1) is 17.0 Å². The number of aliphatic carboxylic acids is 1. The molecule has 0 unspecified atom stereocenters. The van der Waals surface area contributed by atoms with Crippen molar-refractivity contribution in [3.8, 4) is 11.4 Å². The molecule has 2 aromatic heterocycles. The van der Waals surface area contributed by atoms with Crippen molar-refractivity contribution >= 4 is 27.8 Å². The van der Waals surface area contributed by atoms with Gasteiger partial charge in [0.2, 0.25) is 0 Å². The van der Waals surface area contributed by atoms with Crippen molar-refractivity contribution in [2.24, 2.45) is 5.41 Å². The second-order valence-electron chi connectivity index (χ2n) is 11.3. The van der Waals surface area contributed by atoms with Gasteiger partial charge in [-0.15, -0.1) is 0 Å². The van der Waals surface area contributed by atoms with E-state index in [2.05, 4.69) is 10.2 Å². The first-order valence-corrected chi connectivity index (χ1v) is 12.8. The predicted octanol–water partition coefficient (Wildman–Crippen LogP) is 6.47. The van der Waals surface area contributed by atoms with Gasteiger partial charge in [-0.2, -0.15) is 5.10 Å². The Morgan fingerprint density at radius 3 is 2.58 bits per heavy atom. The van der Waals surface area contributed by atoms with E-state index >= 15 is 4.39 Å². The van der Waals surface area contributed by atoms with Crippen molar-refractivity contribution in [2.45, 2.75) is 57.8 Å². The third-order valence-electron chi connectivity index (χ3n) is 8.20. The standard InChI is InChI=1S/C29H33F2N3O4/c1-28(2,15-37-4)26-22(16-8-10-29(3,11-9-16)27(35)36)23-20(12-17-14-32-33-25(17)24(23)31)34(26)18-6-7-19(30)21(13-18)38-5/h6-7,12-14,16H,8-11,15H2,1-5H3,(H,32,33)(H,35,36). The number of benzene rings is 2. The number of ether oxygens (including phenoxy) is 2. The van der Waals surface area contributed by atoms with Crippen molar-refractivity contribution in [3.05, 3.63) is 53.4 Å². The number of rotatable bonds is 7. The van der Waals surface area contributed by atoms with Crippen LogP contribution >= 0.6 is 0 Å². The fraction of sp³-hybridized carbons (Fsp3) is 0.448. The van der Waals surface area contributed by atoms with Crippen molar-refractivity contribution < 1.29 is 28.2 Å². The van der Waals surface area contributed by atoms with Crippen LogP contribution < -0.4 is 4.74 Å². The van der Waals surface area contributed by atoms with Crippen LogP contribution in [-0.4, -0.2) is 46.7 Å². The molecule has 1 aliphatic rings. The number of hydrogen-bond acceptors (Lipinski definition) is 4. The zero-order valence-electron chi connectivity index (χ0n) is 22.3. The Bertz CT molecular complexity index is 1530. The summed E-state index contributed by atoms with van der Waals surface area (Å²) in [6.45, 7) is 6.22. The topological polar surface area (TPSA) is 89.4 Å². The minimum atomic E-state index is -0.809. The van der Waals surface area contributed by atoms with E-state index in [0.29, 0.717) is 59.8 Å². The molecule has 38 heavy (non-hydrogen) atoms.